The highest BCUT2D eigenvalue weighted by atomic mass is 35.5. The van der Waals surface area contributed by atoms with Crippen molar-refractivity contribution in [2.24, 2.45) is 5.92 Å². The topological polar surface area (TPSA) is 37.4 Å². The molecule has 0 radical (unpaired) electrons. The van der Waals surface area contributed by atoms with Crippen molar-refractivity contribution < 1.29 is 9.59 Å². The molecule has 1 aliphatic rings. The van der Waals surface area contributed by atoms with Crippen molar-refractivity contribution in [3.8, 4) is 0 Å². The third kappa shape index (κ3) is 2.09. The summed E-state index contributed by atoms with van der Waals surface area (Å²) in [5.41, 5.74) is 1.03. The van der Waals surface area contributed by atoms with E-state index in [0.29, 0.717) is 17.9 Å². The van der Waals surface area contributed by atoms with Gasteiger partial charge in [0.05, 0.1) is 5.92 Å². The van der Waals surface area contributed by atoms with Gasteiger partial charge in [-0.3, -0.25) is 14.5 Å². The van der Waals surface area contributed by atoms with Crippen LogP contribution in [-0.2, 0) is 16.0 Å². The Morgan fingerprint density at radius 2 is 1.94 bits per heavy atom. The van der Waals surface area contributed by atoms with E-state index in [0.717, 1.165) is 5.56 Å². The number of halogens is 1. The first-order valence-corrected chi connectivity index (χ1v) is 5.50. The monoisotopic (exact) mass is 237 g/mol. The maximum Gasteiger partial charge on any atom is 0.232 e. The van der Waals surface area contributed by atoms with Crippen LogP contribution in [0.25, 0.3) is 0 Å². The number of hydrogen-bond acceptors (Lipinski definition) is 2. The first-order chi connectivity index (χ1) is 7.58. The predicted octanol–water partition coefficient (Wildman–Crippen LogP) is 1.89. The highest BCUT2D eigenvalue weighted by molar-refractivity contribution is 6.30. The highest BCUT2D eigenvalue weighted by Gasteiger charge is 2.35. The van der Waals surface area contributed by atoms with Crippen LogP contribution >= 0.6 is 11.6 Å². The molecule has 0 aliphatic carbocycles. The molecule has 0 N–H and O–H groups in total. The van der Waals surface area contributed by atoms with Crippen LogP contribution in [0.3, 0.4) is 0 Å². The number of rotatable bonds is 2. The molecule has 0 bridgehead atoms. The Labute approximate surface area is 99.0 Å². The Balaban J connectivity index is 2.09. The highest BCUT2D eigenvalue weighted by Crippen LogP contribution is 2.22. The van der Waals surface area contributed by atoms with Gasteiger partial charge in [-0.05, 0) is 24.1 Å². The number of hydrogen-bond donors (Lipinski definition) is 0. The van der Waals surface area contributed by atoms with E-state index in [1.165, 1.54) is 11.9 Å². The molecule has 84 valence electrons. The lowest BCUT2D eigenvalue weighted by molar-refractivity contribution is -0.137. The number of likely N-dealkylation sites (tertiary alicyclic amines) is 1. The summed E-state index contributed by atoms with van der Waals surface area (Å²) in [6, 6.07) is 7.36. The van der Waals surface area contributed by atoms with Gasteiger partial charge in [0.2, 0.25) is 11.8 Å². The summed E-state index contributed by atoms with van der Waals surface area (Å²) >= 11 is 5.77. The molecule has 1 heterocycles. The maximum atomic E-state index is 11.7. The molecular formula is C12H12ClNO2. The van der Waals surface area contributed by atoms with Crippen molar-refractivity contribution in [3.05, 3.63) is 34.9 Å². The van der Waals surface area contributed by atoms with Crippen molar-refractivity contribution >= 4 is 23.4 Å². The number of carbonyl (C=O) groups is 2. The van der Waals surface area contributed by atoms with Crippen LogP contribution in [0, 0.1) is 5.92 Å². The summed E-state index contributed by atoms with van der Waals surface area (Å²) < 4.78 is 0. The van der Waals surface area contributed by atoms with E-state index in [2.05, 4.69) is 0 Å². The second kappa shape index (κ2) is 4.26. The van der Waals surface area contributed by atoms with Crippen LogP contribution in [-0.4, -0.2) is 23.8 Å². The van der Waals surface area contributed by atoms with Crippen molar-refractivity contribution in [1.82, 2.24) is 4.90 Å². The summed E-state index contributed by atoms with van der Waals surface area (Å²) in [6.45, 7) is 0. The Morgan fingerprint density at radius 1 is 1.31 bits per heavy atom. The van der Waals surface area contributed by atoms with Gasteiger partial charge in [0.25, 0.3) is 0 Å². The summed E-state index contributed by atoms with van der Waals surface area (Å²) in [5.74, 6) is -0.386. The number of imide groups is 1. The second-order valence-corrected chi connectivity index (χ2v) is 4.46. The van der Waals surface area contributed by atoms with Gasteiger partial charge in [-0.15, -0.1) is 0 Å². The first kappa shape index (κ1) is 11.1. The number of benzene rings is 1. The third-order valence-electron chi connectivity index (χ3n) is 2.87. The van der Waals surface area contributed by atoms with Crippen molar-refractivity contribution in [2.75, 3.05) is 7.05 Å². The van der Waals surface area contributed by atoms with Crippen LogP contribution in [0.4, 0.5) is 0 Å². The van der Waals surface area contributed by atoms with Crippen LogP contribution in [0.2, 0.25) is 5.02 Å². The Hall–Kier alpha value is -1.35. The van der Waals surface area contributed by atoms with E-state index in [9.17, 15) is 9.59 Å². The zero-order valence-corrected chi connectivity index (χ0v) is 9.70. The second-order valence-electron chi connectivity index (χ2n) is 4.02. The van der Waals surface area contributed by atoms with E-state index in [-0.39, 0.29) is 17.7 Å². The van der Waals surface area contributed by atoms with Gasteiger partial charge in [0, 0.05) is 18.5 Å². The average Bonchev–Trinajstić information content (AvgIpc) is 2.50. The molecule has 1 aromatic rings. The van der Waals surface area contributed by atoms with Gasteiger partial charge >= 0.3 is 0 Å². The fraction of sp³-hybridized carbons (Fsp3) is 0.333. The third-order valence-corrected chi connectivity index (χ3v) is 3.12. The molecule has 4 heteroatoms. The number of amides is 2. The fourth-order valence-electron chi connectivity index (χ4n) is 1.90. The number of carbonyl (C=O) groups excluding carboxylic acids is 2. The van der Waals surface area contributed by atoms with Gasteiger partial charge in [0.15, 0.2) is 0 Å². The lowest BCUT2D eigenvalue weighted by Gasteiger charge is -2.08. The van der Waals surface area contributed by atoms with Crippen LogP contribution in [0.5, 0.6) is 0 Å². The fourth-order valence-corrected chi connectivity index (χ4v) is 2.02. The smallest absolute Gasteiger partial charge is 0.232 e. The molecule has 1 aromatic carbocycles. The lowest BCUT2D eigenvalue weighted by atomic mass is 9.98. The normalized spacial score (nSPS) is 20.6. The standard InChI is InChI=1S/C12H12ClNO2/c1-14-11(15)7-9(12(14)16)6-8-2-4-10(13)5-3-8/h2-5,9H,6-7H2,1H3. The Morgan fingerprint density at radius 3 is 2.44 bits per heavy atom. The largest absolute Gasteiger partial charge is 0.285 e. The van der Waals surface area contributed by atoms with E-state index >= 15 is 0 Å². The lowest BCUT2D eigenvalue weighted by Crippen LogP contribution is -2.26. The van der Waals surface area contributed by atoms with Gasteiger partial charge in [-0.25, -0.2) is 0 Å². The first-order valence-electron chi connectivity index (χ1n) is 5.13. The minimum atomic E-state index is -0.210. The minimum absolute atomic E-state index is 0.0834. The molecule has 0 saturated carbocycles. The van der Waals surface area contributed by atoms with Crippen molar-refractivity contribution in [1.29, 1.82) is 0 Å². The zero-order chi connectivity index (χ0) is 11.7. The predicted molar refractivity (Wildman–Crippen MR) is 61.0 cm³/mol. The molecule has 0 spiro atoms. The molecule has 1 saturated heterocycles. The summed E-state index contributed by atoms with van der Waals surface area (Å²) in [7, 11) is 1.53. The van der Waals surface area contributed by atoms with E-state index in [1.54, 1.807) is 12.1 Å². The molecule has 1 atom stereocenters. The molecule has 2 amide bonds. The van der Waals surface area contributed by atoms with Crippen molar-refractivity contribution in [3.63, 3.8) is 0 Å². The average molecular weight is 238 g/mol. The molecular weight excluding hydrogens is 226 g/mol. The van der Waals surface area contributed by atoms with Gasteiger partial charge in [-0.1, -0.05) is 23.7 Å². The summed E-state index contributed by atoms with van der Waals surface area (Å²) in [5, 5.41) is 0.676. The van der Waals surface area contributed by atoms with Crippen LogP contribution in [0.15, 0.2) is 24.3 Å². The molecule has 16 heavy (non-hydrogen) atoms. The molecule has 1 fully saturated rings. The van der Waals surface area contributed by atoms with Gasteiger partial charge in [0.1, 0.15) is 0 Å². The van der Waals surface area contributed by atoms with E-state index in [1.807, 2.05) is 12.1 Å². The maximum absolute atomic E-state index is 11.7. The molecule has 1 aliphatic heterocycles. The van der Waals surface area contributed by atoms with E-state index in [4.69, 9.17) is 11.6 Å². The van der Waals surface area contributed by atoms with Crippen molar-refractivity contribution in [2.45, 2.75) is 12.8 Å². The molecule has 1 unspecified atom stereocenters. The quantitative estimate of drug-likeness (QED) is 0.737. The summed E-state index contributed by atoms with van der Waals surface area (Å²) in [6.07, 6.45) is 0.921. The molecule has 0 aromatic heterocycles. The van der Waals surface area contributed by atoms with Gasteiger partial charge < -0.3 is 0 Å². The zero-order valence-electron chi connectivity index (χ0n) is 8.94. The minimum Gasteiger partial charge on any atom is -0.285 e. The van der Waals surface area contributed by atoms with E-state index < -0.39 is 0 Å². The molecule has 2 rings (SSSR count). The van der Waals surface area contributed by atoms with Crippen LogP contribution in [0.1, 0.15) is 12.0 Å². The Kier molecular flexibility index (Phi) is 2.97. The Bertz CT molecular complexity index is 427. The van der Waals surface area contributed by atoms with Crippen LogP contribution < -0.4 is 0 Å². The molecule has 3 nitrogen and oxygen atoms in total. The summed E-state index contributed by atoms with van der Waals surface area (Å²) in [4.78, 5) is 24.2. The van der Waals surface area contributed by atoms with Gasteiger partial charge in [-0.2, -0.15) is 0 Å². The number of nitrogens with zero attached hydrogens (tertiary/aromatic N) is 1. The SMILES string of the molecule is CN1C(=O)CC(Cc2ccc(Cl)cc2)C1=O.